The summed E-state index contributed by atoms with van der Waals surface area (Å²) in [5.41, 5.74) is 5.32. The van der Waals surface area contributed by atoms with Gasteiger partial charge in [0.05, 0.1) is 5.69 Å². The number of alkyl halides is 3. The van der Waals surface area contributed by atoms with Crippen LogP contribution in [0.3, 0.4) is 0 Å². The molecular formula is C32H31F3N6O2S. The second-order valence-corrected chi connectivity index (χ2v) is 11.4. The average Bonchev–Trinajstić information content (AvgIpc) is 3.50. The SMILES string of the molecule is C/C(=C\NC(=O)N=C1SCCCN1c1ccccc1C(C)C)c1ccc(-c2ncn(-c3ccc(OC(F)(F)F)cc3)n2)cc1. The molecule has 0 atom stereocenters. The van der Waals surface area contributed by atoms with Crippen LogP contribution in [0.5, 0.6) is 5.75 Å². The number of carbonyl (C=O) groups excluding carboxylic acids is 1. The molecule has 8 nitrogen and oxygen atoms in total. The van der Waals surface area contributed by atoms with Crippen LogP contribution in [0.25, 0.3) is 22.6 Å². The molecule has 4 aromatic rings. The molecule has 0 aliphatic carbocycles. The molecule has 1 fully saturated rings. The molecule has 0 radical (unpaired) electrons. The topological polar surface area (TPSA) is 84.6 Å². The fraction of sp³-hybridized carbons (Fsp3) is 0.250. The number of aliphatic imine (C=N–C) groups is 1. The fourth-order valence-electron chi connectivity index (χ4n) is 4.67. The van der Waals surface area contributed by atoms with Gasteiger partial charge in [0.25, 0.3) is 0 Å². The highest BCUT2D eigenvalue weighted by Gasteiger charge is 2.31. The molecule has 1 aliphatic rings. The van der Waals surface area contributed by atoms with Gasteiger partial charge in [-0.05, 0) is 66.3 Å². The number of urea groups is 1. The van der Waals surface area contributed by atoms with Crippen LogP contribution in [0.4, 0.5) is 23.7 Å². The fourth-order valence-corrected chi connectivity index (χ4v) is 5.62. The molecule has 5 rings (SSSR count). The molecule has 44 heavy (non-hydrogen) atoms. The monoisotopic (exact) mass is 620 g/mol. The molecule has 1 N–H and O–H groups in total. The smallest absolute Gasteiger partial charge is 0.406 e. The summed E-state index contributed by atoms with van der Waals surface area (Å²) in [5.74, 6) is 1.39. The Morgan fingerprint density at radius 2 is 1.80 bits per heavy atom. The lowest BCUT2D eigenvalue weighted by Crippen LogP contribution is -2.36. The Hall–Kier alpha value is -4.58. The highest BCUT2D eigenvalue weighted by Crippen LogP contribution is 2.32. The summed E-state index contributed by atoms with van der Waals surface area (Å²) in [6.07, 6.45) is -0.618. The molecule has 228 valence electrons. The summed E-state index contributed by atoms with van der Waals surface area (Å²) in [7, 11) is 0. The van der Waals surface area contributed by atoms with Gasteiger partial charge >= 0.3 is 12.4 Å². The highest BCUT2D eigenvalue weighted by molar-refractivity contribution is 8.14. The number of halogens is 3. The highest BCUT2D eigenvalue weighted by atomic mass is 32.2. The van der Waals surface area contributed by atoms with Gasteiger partial charge in [-0.3, -0.25) is 0 Å². The van der Waals surface area contributed by atoms with Gasteiger partial charge in [0, 0.05) is 29.7 Å². The summed E-state index contributed by atoms with van der Waals surface area (Å²) in [6.45, 7) is 7.01. The second kappa shape index (κ2) is 13.4. The van der Waals surface area contributed by atoms with Crippen molar-refractivity contribution < 1.29 is 22.7 Å². The summed E-state index contributed by atoms with van der Waals surface area (Å²) in [6, 6.07) is 20.7. The molecule has 1 saturated heterocycles. The molecule has 0 spiro atoms. The van der Waals surface area contributed by atoms with Crippen molar-refractivity contribution in [3.8, 4) is 22.8 Å². The lowest BCUT2D eigenvalue weighted by Gasteiger charge is -2.31. The van der Waals surface area contributed by atoms with Gasteiger partial charge in [-0.2, -0.15) is 4.99 Å². The van der Waals surface area contributed by atoms with E-state index in [-0.39, 0.29) is 5.75 Å². The molecule has 0 saturated carbocycles. The first kappa shape index (κ1) is 30.9. The lowest BCUT2D eigenvalue weighted by atomic mass is 10.0. The van der Waals surface area contributed by atoms with E-state index in [0.29, 0.717) is 22.6 Å². The maximum Gasteiger partial charge on any atom is 0.573 e. The number of rotatable bonds is 7. The van der Waals surface area contributed by atoms with Crippen LogP contribution in [0.1, 0.15) is 44.2 Å². The number of anilines is 1. The van der Waals surface area contributed by atoms with E-state index in [2.05, 4.69) is 56.0 Å². The number of aromatic nitrogens is 3. The molecule has 0 unspecified atom stereocenters. The molecule has 2 heterocycles. The number of hydrogen-bond donors (Lipinski definition) is 1. The van der Waals surface area contributed by atoms with E-state index < -0.39 is 12.4 Å². The molecule has 1 aromatic heterocycles. The quantitative estimate of drug-likeness (QED) is 0.225. The van der Waals surface area contributed by atoms with Crippen LogP contribution in [0, 0.1) is 0 Å². The van der Waals surface area contributed by atoms with Gasteiger partial charge in [0.2, 0.25) is 0 Å². The number of nitrogens with one attached hydrogen (secondary N) is 1. The summed E-state index contributed by atoms with van der Waals surface area (Å²) in [4.78, 5) is 23.7. The largest absolute Gasteiger partial charge is 0.573 e. The maximum atomic E-state index is 12.8. The van der Waals surface area contributed by atoms with Crippen molar-refractivity contribution in [3.05, 3.63) is 96.5 Å². The van der Waals surface area contributed by atoms with Gasteiger partial charge in [-0.25, -0.2) is 14.5 Å². The summed E-state index contributed by atoms with van der Waals surface area (Å²) < 4.78 is 42.6. The number of carbonyl (C=O) groups is 1. The Balaban J connectivity index is 1.23. The first-order valence-electron chi connectivity index (χ1n) is 14.0. The Morgan fingerprint density at radius 3 is 2.50 bits per heavy atom. The number of allylic oxidation sites excluding steroid dienone is 1. The van der Waals surface area contributed by atoms with Crippen LogP contribution in [0.2, 0.25) is 0 Å². The minimum Gasteiger partial charge on any atom is -0.406 e. The number of para-hydroxylation sites is 1. The lowest BCUT2D eigenvalue weighted by molar-refractivity contribution is -0.274. The first-order valence-corrected chi connectivity index (χ1v) is 15.0. The van der Waals surface area contributed by atoms with Crippen molar-refractivity contribution in [1.82, 2.24) is 20.1 Å². The van der Waals surface area contributed by atoms with Crippen LogP contribution in [0.15, 0.2) is 90.3 Å². The Labute approximate surface area is 257 Å². The van der Waals surface area contributed by atoms with Crippen molar-refractivity contribution in [1.29, 1.82) is 0 Å². The normalized spacial score (nSPS) is 15.1. The summed E-state index contributed by atoms with van der Waals surface area (Å²) in [5, 5.41) is 7.92. The minimum absolute atomic E-state index is 0.313. The molecule has 12 heteroatoms. The average molecular weight is 621 g/mol. The number of nitrogens with zero attached hydrogens (tertiary/aromatic N) is 5. The Morgan fingerprint density at radius 1 is 1.07 bits per heavy atom. The number of amidine groups is 1. The van der Waals surface area contributed by atoms with Gasteiger partial charge in [0.1, 0.15) is 12.1 Å². The van der Waals surface area contributed by atoms with Crippen molar-refractivity contribution in [2.24, 2.45) is 4.99 Å². The van der Waals surface area contributed by atoms with E-state index in [4.69, 9.17) is 0 Å². The second-order valence-electron chi connectivity index (χ2n) is 10.4. The van der Waals surface area contributed by atoms with Crippen LogP contribution in [-0.2, 0) is 0 Å². The van der Waals surface area contributed by atoms with Gasteiger partial charge < -0.3 is 15.0 Å². The van der Waals surface area contributed by atoms with Crippen molar-refractivity contribution in [3.63, 3.8) is 0 Å². The van der Waals surface area contributed by atoms with Crippen LogP contribution < -0.4 is 15.0 Å². The third-order valence-electron chi connectivity index (χ3n) is 6.87. The number of benzene rings is 3. The Bertz CT molecular complexity index is 1660. The van der Waals surface area contributed by atoms with Gasteiger partial charge in [-0.1, -0.05) is 68.1 Å². The van der Waals surface area contributed by atoms with Gasteiger partial charge in [0.15, 0.2) is 11.0 Å². The zero-order valence-corrected chi connectivity index (χ0v) is 25.2. The van der Waals surface area contributed by atoms with E-state index in [1.54, 1.807) is 18.0 Å². The molecular weight excluding hydrogens is 589 g/mol. The molecule has 2 amide bonds. The van der Waals surface area contributed by atoms with Crippen LogP contribution >= 0.6 is 11.8 Å². The Kier molecular flexibility index (Phi) is 9.38. The summed E-state index contributed by atoms with van der Waals surface area (Å²) >= 11 is 1.58. The number of amides is 2. The molecule has 1 aliphatic heterocycles. The number of thioether (sulfide) groups is 1. The van der Waals surface area contributed by atoms with Crippen molar-refractivity contribution >= 4 is 34.2 Å². The minimum atomic E-state index is -4.75. The zero-order chi connectivity index (χ0) is 31.3. The standard InChI is InChI=1S/C32H31F3N6O2S/c1-21(2)27-7-4-5-8-28(27)40-17-6-18-44-31(40)38-30(42)36-19-22(3)23-9-11-24(12-10-23)29-37-20-41(39-29)25-13-15-26(16-14-25)43-32(33,34)35/h4-5,7-16,19-21H,6,17-18H2,1-3H3,(H,36,42)/b22-19+,38-31?. The number of ether oxygens (including phenoxy) is 1. The molecule has 0 bridgehead atoms. The third kappa shape index (κ3) is 7.67. The first-order chi connectivity index (χ1) is 21.1. The van der Waals surface area contributed by atoms with Crippen molar-refractivity contribution in [2.45, 2.75) is 39.5 Å². The van der Waals surface area contributed by atoms with E-state index in [1.165, 1.54) is 40.8 Å². The van der Waals surface area contributed by atoms with E-state index in [0.717, 1.165) is 41.1 Å². The number of hydrogen-bond acceptors (Lipinski definition) is 5. The zero-order valence-electron chi connectivity index (χ0n) is 24.4. The van der Waals surface area contributed by atoms with E-state index in [1.807, 2.05) is 43.3 Å². The van der Waals surface area contributed by atoms with Crippen molar-refractivity contribution in [2.75, 3.05) is 17.2 Å². The van der Waals surface area contributed by atoms with E-state index in [9.17, 15) is 18.0 Å². The third-order valence-corrected chi connectivity index (χ3v) is 7.93. The van der Waals surface area contributed by atoms with Crippen LogP contribution in [-0.4, -0.2) is 44.6 Å². The molecule has 3 aromatic carbocycles. The maximum absolute atomic E-state index is 12.8. The van der Waals surface area contributed by atoms with Gasteiger partial charge in [-0.15, -0.1) is 18.3 Å². The predicted molar refractivity (Wildman–Crippen MR) is 168 cm³/mol. The van der Waals surface area contributed by atoms with E-state index >= 15 is 0 Å². The predicted octanol–water partition coefficient (Wildman–Crippen LogP) is 8.03.